The van der Waals surface area contributed by atoms with Gasteiger partial charge in [0.1, 0.15) is 5.75 Å². The largest absolute Gasteiger partial charge is 0.497 e. The number of methoxy groups -OCH3 is 1. The van der Waals surface area contributed by atoms with Gasteiger partial charge in [-0.1, -0.05) is 55.7 Å². The highest BCUT2D eigenvalue weighted by atomic mass is 32.2. The lowest BCUT2D eigenvalue weighted by molar-refractivity contribution is 0.0981. The Morgan fingerprint density at radius 3 is 2.44 bits per heavy atom. The zero-order chi connectivity index (χ0) is 28.7. The summed E-state index contributed by atoms with van der Waals surface area (Å²) in [6.07, 6.45) is 8.17. The van der Waals surface area contributed by atoms with Gasteiger partial charge in [0.2, 0.25) is 10.0 Å². The average Bonchev–Trinajstić information content (AvgIpc) is 3.19. The Bertz CT molecular complexity index is 1760. The molecule has 6 rings (SSSR count). The van der Waals surface area contributed by atoms with E-state index in [9.17, 15) is 13.2 Å². The number of aromatic nitrogens is 1. The Balaban J connectivity index is 1.61. The molecule has 0 saturated heterocycles. The molecule has 2 heterocycles. The molecule has 0 spiro atoms. The highest BCUT2D eigenvalue weighted by Gasteiger charge is 2.30. The van der Waals surface area contributed by atoms with Gasteiger partial charge >= 0.3 is 0 Å². The second-order valence-corrected chi connectivity index (χ2v) is 13.7. The molecule has 1 N–H and O–H groups in total. The quantitative estimate of drug-likeness (QED) is 0.263. The smallest absolute Gasteiger partial charge is 0.264 e. The number of amides is 1. The number of nitrogens with one attached hydrogen (secondary N) is 1. The van der Waals surface area contributed by atoms with Crippen LogP contribution in [-0.4, -0.2) is 31.3 Å². The summed E-state index contributed by atoms with van der Waals surface area (Å²) in [6.45, 7) is 3.74. The third kappa shape index (κ3) is 5.08. The molecule has 2 aliphatic rings. The minimum atomic E-state index is -3.75. The van der Waals surface area contributed by atoms with Crippen LogP contribution in [-0.2, 0) is 16.6 Å². The van der Waals surface area contributed by atoms with Gasteiger partial charge in [0.05, 0.1) is 18.1 Å². The lowest BCUT2D eigenvalue weighted by Crippen LogP contribution is -2.35. The average molecular weight is 569 g/mol. The molecule has 0 bridgehead atoms. The van der Waals surface area contributed by atoms with E-state index in [1.807, 2.05) is 36.4 Å². The summed E-state index contributed by atoms with van der Waals surface area (Å²) in [5.41, 5.74) is 8.32. The van der Waals surface area contributed by atoms with E-state index in [0.29, 0.717) is 18.0 Å². The number of ether oxygens (including phenoxy) is 1. The number of rotatable bonds is 6. The van der Waals surface area contributed by atoms with E-state index in [4.69, 9.17) is 4.74 Å². The van der Waals surface area contributed by atoms with Crippen LogP contribution in [0.1, 0.15) is 78.9 Å². The van der Waals surface area contributed by atoms with Crippen LogP contribution in [0.3, 0.4) is 0 Å². The molecule has 1 fully saturated rings. The zero-order valence-corrected chi connectivity index (χ0v) is 24.6. The number of hydrogen-bond donors (Lipinski definition) is 1. The molecule has 1 aliphatic heterocycles. The molecule has 1 aliphatic carbocycles. The van der Waals surface area contributed by atoms with Gasteiger partial charge in [-0.05, 0) is 91.3 Å². The fraction of sp³-hybridized carbons (Fsp3) is 0.324. The molecule has 0 unspecified atom stereocenters. The minimum Gasteiger partial charge on any atom is -0.497 e. The Morgan fingerprint density at radius 1 is 0.976 bits per heavy atom. The van der Waals surface area contributed by atoms with Crippen molar-refractivity contribution in [2.45, 2.75) is 63.7 Å². The van der Waals surface area contributed by atoms with Crippen molar-refractivity contribution < 1.29 is 17.9 Å². The summed E-state index contributed by atoms with van der Waals surface area (Å²) in [6, 6.07) is 22.3. The van der Waals surface area contributed by atoms with E-state index in [0.717, 1.165) is 51.8 Å². The van der Waals surface area contributed by atoms with E-state index >= 15 is 0 Å². The van der Waals surface area contributed by atoms with Crippen LogP contribution in [0.5, 0.6) is 5.75 Å². The van der Waals surface area contributed by atoms with Crippen LogP contribution >= 0.6 is 0 Å². The van der Waals surface area contributed by atoms with Gasteiger partial charge < -0.3 is 9.30 Å². The molecular formula is C34H36N2O4S. The van der Waals surface area contributed by atoms with E-state index in [-0.39, 0.29) is 0 Å². The van der Waals surface area contributed by atoms with Crippen molar-refractivity contribution in [3.8, 4) is 17.0 Å². The molecule has 1 amide bonds. The monoisotopic (exact) mass is 568 g/mol. The Labute approximate surface area is 242 Å². The lowest BCUT2D eigenvalue weighted by Gasteiger charge is -2.24. The first-order valence-corrected chi connectivity index (χ1v) is 16.0. The molecule has 6 nitrogen and oxygen atoms in total. The van der Waals surface area contributed by atoms with Crippen LogP contribution in [0.2, 0.25) is 0 Å². The van der Waals surface area contributed by atoms with Crippen molar-refractivity contribution in [3.05, 3.63) is 89.0 Å². The fourth-order valence-corrected chi connectivity index (χ4v) is 6.93. The minimum absolute atomic E-state index is 0.335. The summed E-state index contributed by atoms with van der Waals surface area (Å²) in [5.74, 6) is 0.617. The number of carbonyl (C=O) groups is 1. The van der Waals surface area contributed by atoms with Gasteiger partial charge in [0, 0.05) is 28.6 Å². The normalized spacial score (nSPS) is 15.7. The Kier molecular flexibility index (Phi) is 7.24. The van der Waals surface area contributed by atoms with E-state index in [1.54, 1.807) is 27.0 Å². The summed E-state index contributed by atoms with van der Waals surface area (Å²) in [5, 5.41) is 0.427. The maximum absolute atomic E-state index is 13.2. The van der Waals surface area contributed by atoms with Gasteiger partial charge in [0.25, 0.3) is 5.91 Å². The van der Waals surface area contributed by atoms with Crippen LogP contribution in [0.4, 0.5) is 0 Å². The molecule has 1 aromatic heterocycles. The number of fused-ring (bicyclic) bond motifs is 5. The predicted molar refractivity (Wildman–Crippen MR) is 166 cm³/mol. The third-order valence-corrected chi connectivity index (χ3v) is 10.3. The number of benzene rings is 3. The van der Waals surface area contributed by atoms with Crippen LogP contribution < -0.4 is 9.46 Å². The van der Waals surface area contributed by atoms with Crippen molar-refractivity contribution in [2.24, 2.45) is 0 Å². The second-order valence-electron chi connectivity index (χ2n) is 11.4. The molecule has 0 radical (unpaired) electrons. The van der Waals surface area contributed by atoms with E-state index < -0.39 is 21.2 Å². The molecule has 7 heteroatoms. The SMILES string of the molecule is COc1ccc2c(c1)C=C(c1ccccc1)Cn1c-2c(C2CCCCC2)c2ccc(C(=O)NS(=O)(=O)C(C)C)cc21. The maximum atomic E-state index is 13.2. The number of hydrogen-bond acceptors (Lipinski definition) is 4. The second kappa shape index (κ2) is 10.9. The summed E-state index contributed by atoms with van der Waals surface area (Å²) < 4.78 is 35.2. The van der Waals surface area contributed by atoms with E-state index in [2.05, 4.69) is 39.6 Å². The van der Waals surface area contributed by atoms with Gasteiger partial charge in [-0.2, -0.15) is 0 Å². The highest BCUT2D eigenvalue weighted by molar-refractivity contribution is 7.90. The van der Waals surface area contributed by atoms with Crippen molar-refractivity contribution in [2.75, 3.05) is 7.11 Å². The topological polar surface area (TPSA) is 77.4 Å². The van der Waals surface area contributed by atoms with Gasteiger partial charge in [-0.15, -0.1) is 0 Å². The molecule has 212 valence electrons. The molecule has 41 heavy (non-hydrogen) atoms. The van der Waals surface area contributed by atoms with Crippen LogP contribution in [0, 0.1) is 0 Å². The number of nitrogens with zero attached hydrogens (tertiary/aromatic N) is 1. The van der Waals surface area contributed by atoms with Crippen molar-refractivity contribution in [3.63, 3.8) is 0 Å². The van der Waals surface area contributed by atoms with Crippen LogP contribution in [0.15, 0.2) is 66.7 Å². The Morgan fingerprint density at radius 2 is 1.73 bits per heavy atom. The van der Waals surface area contributed by atoms with Crippen molar-refractivity contribution >= 4 is 38.5 Å². The van der Waals surface area contributed by atoms with Crippen molar-refractivity contribution in [1.82, 2.24) is 9.29 Å². The first-order valence-electron chi connectivity index (χ1n) is 14.4. The first kappa shape index (κ1) is 27.3. The van der Waals surface area contributed by atoms with Gasteiger partial charge in [0.15, 0.2) is 0 Å². The van der Waals surface area contributed by atoms with Crippen molar-refractivity contribution in [1.29, 1.82) is 0 Å². The van der Waals surface area contributed by atoms with Crippen LogP contribution in [0.25, 0.3) is 33.8 Å². The Hall–Kier alpha value is -3.84. The fourth-order valence-electron chi connectivity index (χ4n) is 6.32. The molecular weight excluding hydrogens is 532 g/mol. The first-order chi connectivity index (χ1) is 19.8. The summed E-state index contributed by atoms with van der Waals surface area (Å²) >= 11 is 0. The number of allylic oxidation sites excluding steroid dienone is 1. The van der Waals surface area contributed by atoms with E-state index in [1.165, 1.54) is 30.5 Å². The maximum Gasteiger partial charge on any atom is 0.264 e. The number of sulfonamides is 1. The standard InChI is InChI=1S/C34H36N2O4S/c1-22(2)41(38,39)35-34(37)25-14-16-30-31(20-25)36-21-27(23-10-6-4-7-11-23)18-26-19-28(40-3)15-17-29(26)33(36)32(30)24-12-8-5-9-13-24/h4,6-7,10-11,14-20,22,24H,5,8-9,12-13,21H2,1-3H3,(H,35,37). The molecule has 0 atom stereocenters. The molecule has 3 aromatic carbocycles. The number of carbonyl (C=O) groups excluding carboxylic acids is 1. The summed E-state index contributed by atoms with van der Waals surface area (Å²) in [4.78, 5) is 13.2. The zero-order valence-electron chi connectivity index (χ0n) is 23.8. The van der Waals surface area contributed by atoms with Gasteiger partial charge in [-0.25, -0.2) is 13.1 Å². The third-order valence-electron chi connectivity index (χ3n) is 8.55. The lowest BCUT2D eigenvalue weighted by atomic mass is 9.81. The molecule has 1 saturated carbocycles. The summed E-state index contributed by atoms with van der Waals surface area (Å²) in [7, 11) is -2.06. The predicted octanol–water partition coefficient (Wildman–Crippen LogP) is 7.39. The highest BCUT2D eigenvalue weighted by Crippen LogP contribution is 2.47. The van der Waals surface area contributed by atoms with Gasteiger partial charge in [-0.3, -0.25) is 4.79 Å². The molecule has 4 aromatic rings.